The van der Waals surface area contributed by atoms with Gasteiger partial charge >= 0.3 is 0 Å². The fourth-order valence-corrected chi connectivity index (χ4v) is 2.58. The predicted molar refractivity (Wildman–Crippen MR) is 100 cm³/mol. The average Bonchev–Trinajstić information content (AvgIpc) is 2.61. The fourth-order valence-electron chi connectivity index (χ4n) is 2.46. The van der Waals surface area contributed by atoms with E-state index in [9.17, 15) is 4.79 Å². The molecule has 4 nitrogen and oxygen atoms in total. The van der Waals surface area contributed by atoms with Crippen LogP contribution in [0.2, 0.25) is 5.02 Å². The maximum atomic E-state index is 12.6. The van der Waals surface area contributed by atoms with Crippen LogP contribution in [0.5, 0.6) is 5.75 Å². The van der Waals surface area contributed by atoms with Crippen LogP contribution in [0.4, 0.5) is 0 Å². The van der Waals surface area contributed by atoms with Crippen molar-refractivity contribution in [1.29, 1.82) is 0 Å². The number of benzene rings is 2. The number of nitrogens with one attached hydrogen (secondary N) is 1. The van der Waals surface area contributed by atoms with Gasteiger partial charge in [-0.3, -0.25) is 4.79 Å². The monoisotopic (exact) mass is 361 g/mol. The van der Waals surface area contributed by atoms with E-state index in [0.29, 0.717) is 30.4 Å². The van der Waals surface area contributed by atoms with E-state index in [1.807, 2.05) is 57.2 Å². The van der Waals surface area contributed by atoms with Crippen molar-refractivity contribution in [2.24, 2.45) is 0 Å². The molecule has 0 aromatic heterocycles. The summed E-state index contributed by atoms with van der Waals surface area (Å²) in [4.78, 5) is 12.6. The molecule has 0 aliphatic heterocycles. The lowest BCUT2D eigenvalue weighted by Crippen LogP contribution is -2.26. The van der Waals surface area contributed by atoms with Crippen LogP contribution in [-0.4, -0.2) is 19.1 Å². The molecule has 2 aromatic rings. The first-order valence-electron chi connectivity index (χ1n) is 8.45. The molecule has 0 fully saturated rings. The number of ether oxygens (including phenoxy) is 2. The van der Waals surface area contributed by atoms with Gasteiger partial charge in [0.1, 0.15) is 5.75 Å². The number of halogens is 1. The second-order valence-corrected chi connectivity index (χ2v) is 6.08. The van der Waals surface area contributed by atoms with Crippen LogP contribution in [0.25, 0.3) is 0 Å². The summed E-state index contributed by atoms with van der Waals surface area (Å²) in [6.07, 6.45) is 0. The molecule has 0 heterocycles. The lowest BCUT2D eigenvalue weighted by Gasteiger charge is -2.16. The highest BCUT2D eigenvalue weighted by Crippen LogP contribution is 2.22. The summed E-state index contributed by atoms with van der Waals surface area (Å²) in [6, 6.07) is 12.7. The number of hydrogen-bond donors (Lipinski definition) is 1. The number of amides is 1. The van der Waals surface area contributed by atoms with Crippen molar-refractivity contribution in [2.75, 3.05) is 13.2 Å². The van der Waals surface area contributed by atoms with Crippen molar-refractivity contribution < 1.29 is 14.3 Å². The van der Waals surface area contributed by atoms with Crippen molar-refractivity contribution in [2.45, 2.75) is 33.4 Å². The van der Waals surface area contributed by atoms with Crippen LogP contribution in [0.15, 0.2) is 42.5 Å². The zero-order valence-corrected chi connectivity index (χ0v) is 15.6. The van der Waals surface area contributed by atoms with Crippen molar-refractivity contribution in [3.05, 3.63) is 64.2 Å². The van der Waals surface area contributed by atoms with Gasteiger partial charge in [0, 0.05) is 22.8 Å². The Morgan fingerprint density at radius 2 is 1.84 bits per heavy atom. The number of hydrogen-bond acceptors (Lipinski definition) is 3. The molecule has 0 aliphatic carbocycles. The normalized spacial score (nSPS) is 11.8. The summed E-state index contributed by atoms with van der Waals surface area (Å²) < 4.78 is 11.1. The molecular formula is C20H24ClNO3. The van der Waals surface area contributed by atoms with Crippen LogP contribution in [0.1, 0.15) is 48.3 Å². The number of carbonyl (C=O) groups is 1. The summed E-state index contributed by atoms with van der Waals surface area (Å²) >= 11 is 5.91. The van der Waals surface area contributed by atoms with Crippen molar-refractivity contribution in [3.63, 3.8) is 0 Å². The molecule has 25 heavy (non-hydrogen) atoms. The standard InChI is InChI=1S/C20H24ClNO3/c1-4-24-13-17-12-16(8-11-19(17)25-5-2)20(23)22-14(3)15-6-9-18(21)10-7-15/h6-12,14H,4-5,13H2,1-3H3,(H,22,23)/t14-/m1/s1. The van der Waals surface area contributed by atoms with E-state index in [1.165, 1.54) is 0 Å². The van der Waals surface area contributed by atoms with Gasteiger partial charge < -0.3 is 14.8 Å². The van der Waals surface area contributed by atoms with E-state index in [4.69, 9.17) is 21.1 Å². The van der Waals surface area contributed by atoms with Gasteiger partial charge in [-0.2, -0.15) is 0 Å². The first-order chi connectivity index (χ1) is 12.0. The Kier molecular flexibility index (Phi) is 7.29. The fraction of sp³-hybridized carbons (Fsp3) is 0.350. The van der Waals surface area contributed by atoms with Gasteiger partial charge in [0.25, 0.3) is 5.91 Å². The van der Waals surface area contributed by atoms with Gasteiger partial charge in [-0.05, 0) is 56.7 Å². The summed E-state index contributed by atoms with van der Waals surface area (Å²) in [5, 5.41) is 3.68. The van der Waals surface area contributed by atoms with Gasteiger partial charge in [0.15, 0.2) is 0 Å². The SMILES string of the molecule is CCOCc1cc(C(=O)N[C@H](C)c2ccc(Cl)cc2)ccc1OCC. The molecule has 5 heteroatoms. The summed E-state index contributed by atoms with van der Waals surface area (Å²) in [7, 11) is 0. The predicted octanol–water partition coefficient (Wildman–Crippen LogP) is 4.77. The highest BCUT2D eigenvalue weighted by Gasteiger charge is 2.14. The molecule has 2 rings (SSSR count). The molecular weight excluding hydrogens is 338 g/mol. The Bertz CT molecular complexity index is 701. The minimum atomic E-state index is -0.136. The van der Waals surface area contributed by atoms with Crippen LogP contribution in [0.3, 0.4) is 0 Å². The van der Waals surface area contributed by atoms with Crippen molar-refractivity contribution >= 4 is 17.5 Å². The molecule has 134 valence electrons. The van der Waals surface area contributed by atoms with Gasteiger partial charge in [-0.1, -0.05) is 23.7 Å². The van der Waals surface area contributed by atoms with Crippen LogP contribution in [0, 0.1) is 0 Å². The zero-order chi connectivity index (χ0) is 18.2. The topological polar surface area (TPSA) is 47.6 Å². The lowest BCUT2D eigenvalue weighted by molar-refractivity contribution is 0.0939. The molecule has 0 saturated carbocycles. The van der Waals surface area contributed by atoms with Crippen molar-refractivity contribution in [3.8, 4) is 5.75 Å². The second kappa shape index (κ2) is 9.44. The molecule has 1 atom stereocenters. The third kappa shape index (κ3) is 5.48. The van der Waals surface area contributed by atoms with E-state index in [-0.39, 0.29) is 11.9 Å². The van der Waals surface area contributed by atoms with Gasteiger partial charge in [-0.15, -0.1) is 0 Å². The minimum Gasteiger partial charge on any atom is -0.494 e. The van der Waals surface area contributed by atoms with Crippen LogP contribution in [-0.2, 0) is 11.3 Å². The molecule has 2 aromatic carbocycles. The third-order valence-electron chi connectivity index (χ3n) is 3.80. The van der Waals surface area contributed by atoms with Crippen LogP contribution < -0.4 is 10.1 Å². The Labute approximate surface area is 154 Å². The van der Waals surface area contributed by atoms with Gasteiger partial charge in [0.2, 0.25) is 0 Å². The molecule has 1 N–H and O–H groups in total. The minimum absolute atomic E-state index is 0.119. The molecule has 0 bridgehead atoms. The molecule has 0 saturated heterocycles. The quantitative estimate of drug-likeness (QED) is 0.737. The third-order valence-corrected chi connectivity index (χ3v) is 4.05. The summed E-state index contributed by atoms with van der Waals surface area (Å²) in [5.41, 5.74) is 2.45. The second-order valence-electron chi connectivity index (χ2n) is 5.64. The molecule has 0 aliphatic rings. The molecule has 1 amide bonds. The highest BCUT2D eigenvalue weighted by molar-refractivity contribution is 6.30. The zero-order valence-electron chi connectivity index (χ0n) is 14.8. The maximum absolute atomic E-state index is 12.6. The molecule has 0 unspecified atom stereocenters. The molecule has 0 spiro atoms. The molecule has 0 radical (unpaired) electrons. The van der Waals surface area contributed by atoms with E-state index in [2.05, 4.69) is 5.32 Å². The Morgan fingerprint density at radius 3 is 2.48 bits per heavy atom. The Hall–Kier alpha value is -2.04. The van der Waals surface area contributed by atoms with Crippen LogP contribution >= 0.6 is 11.6 Å². The van der Waals surface area contributed by atoms with E-state index < -0.39 is 0 Å². The number of rotatable bonds is 8. The largest absolute Gasteiger partial charge is 0.494 e. The maximum Gasteiger partial charge on any atom is 0.251 e. The van der Waals surface area contributed by atoms with E-state index in [1.54, 1.807) is 6.07 Å². The first-order valence-corrected chi connectivity index (χ1v) is 8.82. The van der Waals surface area contributed by atoms with Gasteiger partial charge in [0.05, 0.1) is 19.3 Å². The van der Waals surface area contributed by atoms with Gasteiger partial charge in [-0.25, -0.2) is 0 Å². The smallest absolute Gasteiger partial charge is 0.251 e. The van der Waals surface area contributed by atoms with E-state index in [0.717, 1.165) is 16.9 Å². The van der Waals surface area contributed by atoms with E-state index >= 15 is 0 Å². The van der Waals surface area contributed by atoms with Crippen molar-refractivity contribution in [1.82, 2.24) is 5.32 Å². The summed E-state index contributed by atoms with van der Waals surface area (Å²) in [6.45, 7) is 7.40. The highest BCUT2D eigenvalue weighted by atomic mass is 35.5. The summed E-state index contributed by atoms with van der Waals surface area (Å²) in [5.74, 6) is 0.612. The Morgan fingerprint density at radius 1 is 1.12 bits per heavy atom. The Balaban J connectivity index is 2.13. The first kappa shape index (κ1) is 19.3. The average molecular weight is 362 g/mol. The number of carbonyl (C=O) groups excluding carboxylic acids is 1. The lowest BCUT2D eigenvalue weighted by atomic mass is 10.1.